The monoisotopic (exact) mass is 413 g/mol. The van der Waals surface area contributed by atoms with E-state index in [4.69, 9.17) is 0 Å². The van der Waals surface area contributed by atoms with Gasteiger partial charge in [0.25, 0.3) is 0 Å². The van der Waals surface area contributed by atoms with E-state index in [0.717, 1.165) is 13.0 Å². The van der Waals surface area contributed by atoms with Gasteiger partial charge in [-0.3, -0.25) is 0 Å². The summed E-state index contributed by atoms with van der Waals surface area (Å²) in [4.78, 5) is 0. The molecule has 1 N–H and O–H groups in total. The standard InChI is InChI=1S/C16H16INS2/c1-2-7-18-16(11-8-15(17)20-9-11)13-10-19-14-6-4-3-5-12(13)14/h3-6,8-10,16,18H,2,7H2,1H3. The summed E-state index contributed by atoms with van der Waals surface area (Å²) in [6, 6.07) is 11.3. The van der Waals surface area contributed by atoms with Gasteiger partial charge in [0, 0.05) is 4.70 Å². The lowest BCUT2D eigenvalue weighted by molar-refractivity contribution is 0.604. The first kappa shape index (κ1) is 14.5. The van der Waals surface area contributed by atoms with E-state index in [-0.39, 0.29) is 0 Å². The zero-order chi connectivity index (χ0) is 13.9. The van der Waals surface area contributed by atoms with Crippen molar-refractivity contribution in [2.45, 2.75) is 19.4 Å². The Kier molecular flexibility index (Phi) is 4.75. The molecule has 0 fully saturated rings. The first-order valence-electron chi connectivity index (χ1n) is 6.73. The maximum absolute atomic E-state index is 3.70. The molecule has 2 aromatic heterocycles. The molecule has 20 heavy (non-hydrogen) atoms. The Morgan fingerprint density at radius 3 is 2.80 bits per heavy atom. The van der Waals surface area contributed by atoms with Crippen LogP contribution in [0, 0.1) is 2.88 Å². The number of fused-ring (bicyclic) bond motifs is 1. The van der Waals surface area contributed by atoms with Gasteiger partial charge in [-0.05, 0) is 75.0 Å². The zero-order valence-corrected chi connectivity index (χ0v) is 15.0. The zero-order valence-electron chi connectivity index (χ0n) is 11.2. The van der Waals surface area contributed by atoms with Gasteiger partial charge in [0.2, 0.25) is 0 Å². The Hall–Kier alpha value is -0.430. The van der Waals surface area contributed by atoms with Crippen molar-refractivity contribution in [1.82, 2.24) is 5.32 Å². The minimum atomic E-state index is 0.311. The van der Waals surface area contributed by atoms with Gasteiger partial charge in [0.05, 0.1) is 8.93 Å². The fourth-order valence-electron chi connectivity index (χ4n) is 2.39. The largest absolute Gasteiger partial charge is 0.306 e. The predicted octanol–water partition coefficient (Wildman–Crippen LogP) is 5.66. The molecule has 0 aliphatic carbocycles. The summed E-state index contributed by atoms with van der Waals surface area (Å²) in [5.74, 6) is 0. The van der Waals surface area contributed by atoms with E-state index >= 15 is 0 Å². The molecule has 0 aliphatic rings. The average molecular weight is 413 g/mol. The summed E-state index contributed by atoms with van der Waals surface area (Å²) in [5.41, 5.74) is 2.80. The third kappa shape index (κ3) is 2.93. The normalized spacial score (nSPS) is 12.9. The van der Waals surface area contributed by atoms with Gasteiger partial charge < -0.3 is 5.32 Å². The average Bonchev–Trinajstić information content (AvgIpc) is 3.07. The summed E-state index contributed by atoms with van der Waals surface area (Å²) in [6.07, 6.45) is 1.15. The van der Waals surface area contributed by atoms with Crippen molar-refractivity contribution < 1.29 is 0 Å². The molecule has 2 heterocycles. The van der Waals surface area contributed by atoms with Crippen molar-refractivity contribution in [2.75, 3.05) is 6.54 Å². The summed E-state index contributed by atoms with van der Waals surface area (Å²) in [6.45, 7) is 3.26. The molecular formula is C16H16INS2. The first-order chi connectivity index (χ1) is 9.79. The maximum atomic E-state index is 3.70. The molecule has 104 valence electrons. The molecule has 1 unspecified atom stereocenters. The number of benzene rings is 1. The highest BCUT2D eigenvalue weighted by Gasteiger charge is 2.18. The third-order valence-electron chi connectivity index (χ3n) is 3.34. The fraction of sp³-hybridized carbons (Fsp3) is 0.250. The van der Waals surface area contributed by atoms with Gasteiger partial charge in [-0.15, -0.1) is 22.7 Å². The molecule has 1 nitrogen and oxygen atoms in total. The van der Waals surface area contributed by atoms with Crippen molar-refractivity contribution in [3.05, 3.63) is 55.1 Å². The lowest BCUT2D eigenvalue weighted by Crippen LogP contribution is -2.22. The van der Waals surface area contributed by atoms with Gasteiger partial charge in [-0.1, -0.05) is 25.1 Å². The molecule has 0 aliphatic heterocycles. The van der Waals surface area contributed by atoms with E-state index in [9.17, 15) is 0 Å². The second kappa shape index (κ2) is 6.56. The molecule has 0 amide bonds. The Bertz CT molecular complexity index is 701. The van der Waals surface area contributed by atoms with Crippen LogP contribution >= 0.6 is 45.3 Å². The SMILES string of the molecule is CCCNC(c1csc(I)c1)c1csc2ccccc12. The minimum Gasteiger partial charge on any atom is -0.306 e. The van der Waals surface area contributed by atoms with Gasteiger partial charge in [-0.25, -0.2) is 0 Å². The van der Waals surface area contributed by atoms with E-state index in [0.29, 0.717) is 6.04 Å². The van der Waals surface area contributed by atoms with E-state index in [2.05, 4.69) is 75.9 Å². The molecule has 3 aromatic rings. The number of halogens is 1. The topological polar surface area (TPSA) is 12.0 Å². The van der Waals surface area contributed by atoms with Crippen molar-refractivity contribution in [3.8, 4) is 0 Å². The van der Waals surface area contributed by atoms with Crippen LogP contribution in [0.4, 0.5) is 0 Å². The molecule has 1 atom stereocenters. The molecular weight excluding hydrogens is 397 g/mol. The van der Waals surface area contributed by atoms with Crippen LogP contribution in [0.3, 0.4) is 0 Å². The summed E-state index contributed by atoms with van der Waals surface area (Å²) in [7, 11) is 0. The number of rotatable bonds is 5. The molecule has 0 spiro atoms. The van der Waals surface area contributed by atoms with Crippen molar-refractivity contribution >= 4 is 55.4 Å². The molecule has 0 bridgehead atoms. The molecule has 0 saturated carbocycles. The first-order valence-corrected chi connectivity index (χ1v) is 9.57. The van der Waals surface area contributed by atoms with E-state index in [1.807, 2.05) is 22.7 Å². The van der Waals surface area contributed by atoms with Crippen LogP contribution in [0.5, 0.6) is 0 Å². The third-order valence-corrected chi connectivity index (χ3v) is 6.13. The highest BCUT2D eigenvalue weighted by molar-refractivity contribution is 14.1. The lowest BCUT2D eigenvalue weighted by Gasteiger charge is -2.17. The van der Waals surface area contributed by atoms with Crippen LogP contribution in [0.15, 0.2) is 41.1 Å². The van der Waals surface area contributed by atoms with Crippen LogP contribution in [0.1, 0.15) is 30.5 Å². The van der Waals surface area contributed by atoms with Crippen molar-refractivity contribution in [1.29, 1.82) is 0 Å². The van der Waals surface area contributed by atoms with Crippen molar-refractivity contribution in [2.24, 2.45) is 0 Å². The molecule has 4 heteroatoms. The Balaban J connectivity index is 2.04. The van der Waals surface area contributed by atoms with E-state index in [1.165, 1.54) is 24.1 Å². The summed E-state index contributed by atoms with van der Waals surface area (Å²) >= 11 is 6.06. The predicted molar refractivity (Wildman–Crippen MR) is 99.0 cm³/mol. The smallest absolute Gasteiger partial charge is 0.0656 e. The second-order valence-electron chi connectivity index (χ2n) is 4.76. The Morgan fingerprint density at radius 2 is 2.05 bits per heavy atom. The van der Waals surface area contributed by atoms with Gasteiger partial charge >= 0.3 is 0 Å². The molecule has 0 saturated heterocycles. The highest BCUT2D eigenvalue weighted by atomic mass is 127. The Morgan fingerprint density at radius 1 is 1.20 bits per heavy atom. The second-order valence-corrected chi connectivity index (χ2v) is 8.48. The number of nitrogens with one attached hydrogen (secondary N) is 1. The molecule has 3 rings (SSSR count). The Labute approximate surface area is 141 Å². The van der Waals surface area contributed by atoms with Crippen LogP contribution in [-0.2, 0) is 0 Å². The van der Waals surface area contributed by atoms with E-state index < -0.39 is 0 Å². The van der Waals surface area contributed by atoms with Gasteiger partial charge in [-0.2, -0.15) is 0 Å². The van der Waals surface area contributed by atoms with Crippen molar-refractivity contribution in [3.63, 3.8) is 0 Å². The number of hydrogen-bond acceptors (Lipinski definition) is 3. The summed E-state index contributed by atoms with van der Waals surface area (Å²) < 4.78 is 2.72. The summed E-state index contributed by atoms with van der Waals surface area (Å²) in [5, 5.41) is 9.67. The molecule has 0 radical (unpaired) electrons. The van der Waals surface area contributed by atoms with Crippen LogP contribution in [0.2, 0.25) is 0 Å². The number of hydrogen-bond donors (Lipinski definition) is 1. The van der Waals surface area contributed by atoms with Gasteiger partial charge in [0.15, 0.2) is 0 Å². The number of thiophene rings is 2. The van der Waals surface area contributed by atoms with Gasteiger partial charge in [0.1, 0.15) is 0 Å². The van der Waals surface area contributed by atoms with Crippen LogP contribution < -0.4 is 5.32 Å². The molecule has 1 aromatic carbocycles. The van der Waals surface area contributed by atoms with E-state index in [1.54, 1.807) is 0 Å². The minimum absolute atomic E-state index is 0.311. The quantitative estimate of drug-likeness (QED) is 0.533. The highest BCUT2D eigenvalue weighted by Crippen LogP contribution is 2.35. The fourth-order valence-corrected chi connectivity index (χ4v) is 4.78. The van der Waals surface area contributed by atoms with Crippen LogP contribution in [-0.4, -0.2) is 6.54 Å². The van der Waals surface area contributed by atoms with Crippen LogP contribution in [0.25, 0.3) is 10.1 Å². The maximum Gasteiger partial charge on any atom is 0.0656 e. The lowest BCUT2D eigenvalue weighted by atomic mass is 10.0.